The minimum atomic E-state index is -4.56. The van der Waals surface area contributed by atoms with Crippen molar-refractivity contribution in [3.8, 4) is 17.3 Å². The van der Waals surface area contributed by atoms with Crippen LogP contribution >= 0.6 is 0 Å². The van der Waals surface area contributed by atoms with Crippen molar-refractivity contribution >= 4 is 49.7 Å². The molecule has 3 heterocycles. The molecule has 1 N–H and O–H groups in total. The molecule has 3 aliphatic carbocycles. The molecule has 0 spiro atoms. The number of aromatic nitrogens is 2. The summed E-state index contributed by atoms with van der Waals surface area (Å²) >= 11 is 0. The van der Waals surface area contributed by atoms with Gasteiger partial charge < -0.3 is 14.1 Å². The number of likely N-dealkylation sites (tertiary alicyclic amines) is 1. The van der Waals surface area contributed by atoms with Crippen LogP contribution in [0.25, 0.3) is 33.5 Å². The number of Topliss-reactive ketones (excluding diaryl/α,β-unsaturated/α-hetero) is 1. The standard InChI is InChI=1S/C47H46F4N4O7S/c1-2-30-24-46(30,45(58)54-63(59,60)34-19-20-34)25-38(56)37-23-33(26-55(37)44(57)36(28-10-4-3-5-11-28)22-27-9-8-12-32(48)21-27)61-43-41-40(35-13-6-7-14-39(35)62-41)52-42(53-43)29-15-17-31(18-16-29)47(49,50)51/h2,6-9,12-18,21,28,30,33-34,36-37H,1,3-5,10-11,19-20,22-26H2,(H,54,58)/t30-,33-,36+,37+,46-/m1/s1. The van der Waals surface area contributed by atoms with Crippen LogP contribution in [0.2, 0.25) is 0 Å². The van der Waals surface area contributed by atoms with Crippen LogP contribution in [0.5, 0.6) is 5.88 Å². The number of furan rings is 1. The first-order valence-electron chi connectivity index (χ1n) is 21.4. The third kappa shape index (κ3) is 8.58. The highest BCUT2D eigenvalue weighted by Gasteiger charge is 2.61. The summed E-state index contributed by atoms with van der Waals surface area (Å²) in [6.07, 6.45) is 1.45. The number of nitrogens with one attached hydrogen (secondary N) is 1. The highest BCUT2D eigenvalue weighted by Crippen LogP contribution is 2.57. The van der Waals surface area contributed by atoms with E-state index >= 15 is 4.79 Å². The zero-order valence-corrected chi connectivity index (χ0v) is 35.1. The normalized spacial score (nSPS) is 23.4. The van der Waals surface area contributed by atoms with Gasteiger partial charge in [-0.25, -0.2) is 17.8 Å². The number of halogens is 4. The van der Waals surface area contributed by atoms with Crippen LogP contribution in [-0.4, -0.2) is 64.8 Å². The van der Waals surface area contributed by atoms with Crippen LogP contribution in [0.1, 0.15) is 75.3 Å². The summed E-state index contributed by atoms with van der Waals surface area (Å²) in [6, 6.07) is 16.5. The van der Waals surface area contributed by atoms with E-state index in [1.54, 1.807) is 42.5 Å². The molecule has 9 rings (SSSR count). The van der Waals surface area contributed by atoms with Gasteiger partial charge in [0.2, 0.25) is 27.4 Å². The number of rotatable bonds is 14. The van der Waals surface area contributed by atoms with Crippen molar-refractivity contribution in [2.75, 3.05) is 6.54 Å². The topological polar surface area (TPSA) is 149 Å². The molecule has 5 aromatic rings. The van der Waals surface area contributed by atoms with Gasteiger partial charge in [-0.15, -0.1) is 6.58 Å². The maximum atomic E-state index is 15.1. The Balaban J connectivity index is 1.07. The highest BCUT2D eigenvalue weighted by molar-refractivity contribution is 7.90. The molecule has 330 valence electrons. The fraction of sp³-hybridized carbons (Fsp3) is 0.426. The van der Waals surface area contributed by atoms with Gasteiger partial charge in [0.25, 0.3) is 5.88 Å². The Bertz CT molecular complexity index is 2710. The highest BCUT2D eigenvalue weighted by atomic mass is 32.2. The van der Waals surface area contributed by atoms with Crippen LogP contribution in [0.3, 0.4) is 0 Å². The van der Waals surface area contributed by atoms with Crippen molar-refractivity contribution in [2.45, 2.75) is 94.2 Å². The number of para-hydroxylation sites is 1. The number of alkyl halides is 3. The van der Waals surface area contributed by atoms with Gasteiger partial charge in [-0.05, 0) is 92.3 Å². The number of ketones is 1. The Morgan fingerprint density at radius 3 is 2.41 bits per heavy atom. The first kappa shape index (κ1) is 42.7. The minimum absolute atomic E-state index is 0.0277. The number of sulfonamides is 1. The van der Waals surface area contributed by atoms with Crippen molar-refractivity contribution in [3.63, 3.8) is 0 Å². The summed E-state index contributed by atoms with van der Waals surface area (Å²) in [7, 11) is -3.93. The maximum absolute atomic E-state index is 15.1. The molecular formula is C47H46F4N4O7S. The number of carbonyl (C=O) groups is 3. The number of fused-ring (bicyclic) bond motifs is 3. The van der Waals surface area contributed by atoms with Crippen molar-refractivity contribution in [3.05, 3.63) is 102 Å². The second-order valence-electron chi connectivity index (χ2n) is 17.5. The van der Waals surface area contributed by atoms with Crippen molar-refractivity contribution in [1.29, 1.82) is 0 Å². The van der Waals surface area contributed by atoms with E-state index in [-0.39, 0.29) is 66.9 Å². The number of nitrogens with zero attached hydrogens (tertiary/aromatic N) is 3. The van der Waals surface area contributed by atoms with Gasteiger partial charge in [-0.3, -0.25) is 19.1 Å². The van der Waals surface area contributed by atoms with Crippen LogP contribution < -0.4 is 9.46 Å². The molecule has 63 heavy (non-hydrogen) atoms. The van der Waals surface area contributed by atoms with Crippen molar-refractivity contribution in [2.24, 2.45) is 23.2 Å². The molecule has 0 unspecified atom stereocenters. The number of hydrogen-bond donors (Lipinski definition) is 1. The number of carbonyl (C=O) groups excluding carboxylic acids is 3. The molecular weight excluding hydrogens is 841 g/mol. The lowest BCUT2D eigenvalue weighted by Gasteiger charge is -2.34. The molecule has 3 saturated carbocycles. The van der Waals surface area contributed by atoms with Crippen LogP contribution in [-0.2, 0) is 37.0 Å². The second-order valence-corrected chi connectivity index (χ2v) is 19.5. The van der Waals surface area contributed by atoms with Crippen molar-refractivity contribution in [1.82, 2.24) is 19.6 Å². The molecule has 0 radical (unpaired) electrons. The Morgan fingerprint density at radius 2 is 1.73 bits per heavy atom. The lowest BCUT2D eigenvalue weighted by molar-refractivity contribution is -0.143. The van der Waals surface area contributed by atoms with Crippen LogP contribution in [0.4, 0.5) is 17.6 Å². The van der Waals surface area contributed by atoms with E-state index in [0.29, 0.717) is 34.9 Å². The van der Waals surface area contributed by atoms with E-state index in [2.05, 4.69) is 21.3 Å². The summed E-state index contributed by atoms with van der Waals surface area (Å²) in [5.74, 6) is -3.10. The average Bonchev–Trinajstić information content (AvgIpc) is 4.17. The van der Waals surface area contributed by atoms with E-state index in [4.69, 9.17) is 9.15 Å². The van der Waals surface area contributed by atoms with E-state index in [1.807, 2.05) is 0 Å². The first-order valence-corrected chi connectivity index (χ1v) is 23.0. The summed E-state index contributed by atoms with van der Waals surface area (Å²) in [5.41, 5.74) is -0.354. The summed E-state index contributed by atoms with van der Waals surface area (Å²) in [6.45, 7) is 3.75. The SMILES string of the molecule is C=C[C@@H]1C[C@]1(CC(=O)[C@@H]1C[C@@H](Oc2nc(-c3ccc(C(F)(F)F)cc3)nc3c2oc2ccccc23)CN1C(=O)[C@@H](Cc1cccc(F)c1)C1CCCCC1)C(=O)NS(=O)(=O)C1CC1. The van der Waals surface area contributed by atoms with Gasteiger partial charge in [0.15, 0.2) is 11.6 Å². The number of allylic oxidation sites excluding steroid dienone is 1. The van der Waals surface area contributed by atoms with Gasteiger partial charge in [-0.2, -0.15) is 18.2 Å². The maximum Gasteiger partial charge on any atom is 0.416 e. The molecule has 3 aromatic carbocycles. The van der Waals surface area contributed by atoms with Gasteiger partial charge in [0.05, 0.1) is 28.8 Å². The molecule has 4 aliphatic rings. The van der Waals surface area contributed by atoms with Crippen LogP contribution in [0.15, 0.2) is 89.9 Å². The predicted octanol–water partition coefficient (Wildman–Crippen LogP) is 8.75. The predicted molar refractivity (Wildman–Crippen MR) is 225 cm³/mol. The zero-order chi connectivity index (χ0) is 44.3. The largest absolute Gasteiger partial charge is 0.470 e. The minimum Gasteiger partial charge on any atom is -0.470 e. The molecule has 1 saturated heterocycles. The first-order chi connectivity index (χ1) is 30.1. The fourth-order valence-electron chi connectivity index (χ4n) is 9.60. The number of benzene rings is 3. The van der Waals surface area contributed by atoms with Crippen LogP contribution in [0, 0.1) is 29.0 Å². The molecule has 5 atom stereocenters. The fourth-order valence-corrected chi connectivity index (χ4v) is 11.0. The van der Waals surface area contributed by atoms with E-state index in [9.17, 15) is 35.6 Å². The average molecular weight is 887 g/mol. The summed E-state index contributed by atoms with van der Waals surface area (Å²) in [5, 5.41) is -0.0593. The molecule has 2 aromatic heterocycles. The Labute approximate surface area is 361 Å². The zero-order valence-electron chi connectivity index (χ0n) is 34.3. The molecule has 1 aliphatic heterocycles. The lowest BCUT2D eigenvalue weighted by Crippen LogP contribution is -2.48. The van der Waals surface area contributed by atoms with Gasteiger partial charge in [-0.1, -0.05) is 61.7 Å². The molecule has 2 amide bonds. The molecule has 16 heteroatoms. The van der Waals surface area contributed by atoms with Gasteiger partial charge >= 0.3 is 6.18 Å². The molecule has 0 bridgehead atoms. The molecule has 11 nitrogen and oxygen atoms in total. The van der Waals surface area contributed by atoms with Crippen molar-refractivity contribution < 1.29 is 49.5 Å². The Hall–Kier alpha value is -5.64. The second kappa shape index (κ2) is 16.5. The monoisotopic (exact) mass is 886 g/mol. The number of hydrogen-bond acceptors (Lipinski definition) is 9. The Morgan fingerprint density at radius 1 is 0.984 bits per heavy atom. The summed E-state index contributed by atoms with van der Waals surface area (Å²) < 4.78 is 95.8. The van der Waals surface area contributed by atoms with E-state index in [0.717, 1.165) is 44.2 Å². The summed E-state index contributed by atoms with van der Waals surface area (Å²) in [4.78, 5) is 54.5. The number of amides is 2. The van der Waals surface area contributed by atoms with Gasteiger partial charge in [0, 0.05) is 29.7 Å². The Kier molecular flexibility index (Phi) is 11.2. The molecule has 4 fully saturated rings. The third-order valence-electron chi connectivity index (χ3n) is 13.3. The number of ether oxygens (including phenoxy) is 1. The van der Waals surface area contributed by atoms with E-state index in [1.165, 1.54) is 29.2 Å². The smallest absolute Gasteiger partial charge is 0.416 e. The van der Waals surface area contributed by atoms with E-state index < -0.39 is 73.9 Å². The third-order valence-corrected chi connectivity index (χ3v) is 15.1. The van der Waals surface area contributed by atoms with Gasteiger partial charge in [0.1, 0.15) is 23.0 Å². The quantitative estimate of drug-likeness (QED) is 0.0854. The lowest BCUT2D eigenvalue weighted by atomic mass is 9.76.